The van der Waals surface area contributed by atoms with Crippen molar-refractivity contribution in [1.29, 1.82) is 0 Å². The molecule has 112 valence electrons. The highest BCUT2D eigenvalue weighted by atomic mass is 32.2. The van der Waals surface area contributed by atoms with Crippen molar-refractivity contribution < 1.29 is 9.22 Å². The largest absolute Gasteiger partial charge is 0.388 e. The van der Waals surface area contributed by atoms with Crippen LogP contribution in [0.25, 0.3) is 11.0 Å². The lowest BCUT2D eigenvalue weighted by molar-refractivity contribution is 0.0266. The zero-order chi connectivity index (χ0) is 17.7. The Labute approximate surface area is 131 Å². The molecule has 0 aliphatic heterocycles. The van der Waals surface area contributed by atoms with Crippen LogP contribution in [-0.4, -0.2) is 31.5 Å². The minimum atomic E-state index is -2.53. The van der Waals surface area contributed by atoms with Gasteiger partial charge in [-0.1, -0.05) is 11.8 Å². The molecule has 2 aromatic rings. The average molecular weight is 308 g/mol. The molecule has 0 aromatic carbocycles. The number of hydrogen-bond acceptors (Lipinski definition) is 5. The Balaban J connectivity index is 2.38. The average Bonchev–Trinajstić information content (AvgIpc) is 2.84. The van der Waals surface area contributed by atoms with E-state index in [1.165, 1.54) is 28.6 Å². The fraction of sp³-hybridized carbons (Fsp3) is 0.533. The molecule has 1 saturated carbocycles. The Hall–Kier alpha value is -1.40. The number of rotatable bonds is 2. The second kappa shape index (κ2) is 5.10. The van der Waals surface area contributed by atoms with E-state index in [-0.39, 0.29) is 5.56 Å². The van der Waals surface area contributed by atoms with E-state index in [0.717, 1.165) is 6.42 Å². The van der Waals surface area contributed by atoms with Crippen LogP contribution in [0.3, 0.4) is 0 Å². The number of aliphatic hydroxyl groups is 1. The highest BCUT2D eigenvalue weighted by molar-refractivity contribution is 7.98. The molecule has 1 N–H and O–H groups in total. The SMILES string of the molecule is [2H]C([2H])([2H])c1cc2cnc(SC)nc2n([C@@H]2CCC[C@@]2(C)O)c1=O. The van der Waals surface area contributed by atoms with Crippen LogP contribution in [-0.2, 0) is 0 Å². The van der Waals surface area contributed by atoms with Gasteiger partial charge >= 0.3 is 0 Å². The van der Waals surface area contributed by atoms with E-state index >= 15 is 0 Å². The summed E-state index contributed by atoms with van der Waals surface area (Å²) in [4.78, 5) is 21.5. The minimum absolute atomic E-state index is 0.266. The van der Waals surface area contributed by atoms with Crippen molar-refractivity contribution in [3.63, 3.8) is 0 Å². The third kappa shape index (κ3) is 2.36. The molecule has 0 amide bonds. The first kappa shape index (κ1) is 11.2. The van der Waals surface area contributed by atoms with Crippen LogP contribution in [0.4, 0.5) is 0 Å². The summed E-state index contributed by atoms with van der Waals surface area (Å²) < 4.78 is 24.3. The van der Waals surface area contributed by atoms with Gasteiger partial charge in [0.2, 0.25) is 0 Å². The summed E-state index contributed by atoms with van der Waals surface area (Å²) in [6, 6.07) is 0.842. The second-order valence-corrected chi connectivity index (χ2v) is 6.41. The molecular formula is C15H19N3O2S. The van der Waals surface area contributed by atoms with Crippen LogP contribution in [0.2, 0.25) is 0 Å². The van der Waals surface area contributed by atoms with E-state index in [1.54, 1.807) is 6.92 Å². The number of thioether (sulfide) groups is 1. The predicted octanol–water partition coefficient (Wildman–Crippen LogP) is 2.30. The van der Waals surface area contributed by atoms with Crippen LogP contribution in [0.15, 0.2) is 22.2 Å². The van der Waals surface area contributed by atoms with Crippen molar-refractivity contribution in [3.8, 4) is 0 Å². The quantitative estimate of drug-likeness (QED) is 0.681. The minimum Gasteiger partial charge on any atom is -0.388 e. The Morgan fingerprint density at radius 1 is 1.62 bits per heavy atom. The smallest absolute Gasteiger partial charge is 0.255 e. The van der Waals surface area contributed by atoms with Gasteiger partial charge in [-0.25, -0.2) is 9.97 Å². The number of fused-ring (bicyclic) bond motifs is 1. The van der Waals surface area contributed by atoms with E-state index in [1.807, 2.05) is 6.26 Å². The molecule has 0 saturated heterocycles. The summed E-state index contributed by atoms with van der Waals surface area (Å²) in [5, 5.41) is 11.6. The molecule has 2 heterocycles. The summed E-state index contributed by atoms with van der Waals surface area (Å²) in [6.45, 7) is -0.850. The van der Waals surface area contributed by atoms with Gasteiger partial charge in [0.1, 0.15) is 5.65 Å². The molecule has 3 rings (SSSR count). The van der Waals surface area contributed by atoms with Gasteiger partial charge in [-0.15, -0.1) is 0 Å². The van der Waals surface area contributed by atoms with Crippen molar-refractivity contribution in [2.24, 2.45) is 0 Å². The molecule has 1 fully saturated rings. The van der Waals surface area contributed by atoms with Gasteiger partial charge in [0.15, 0.2) is 5.16 Å². The molecule has 0 spiro atoms. The molecule has 6 heteroatoms. The van der Waals surface area contributed by atoms with Gasteiger partial charge in [0, 0.05) is 21.3 Å². The first-order valence-electron chi connectivity index (χ1n) is 8.34. The molecule has 0 bridgehead atoms. The maximum absolute atomic E-state index is 12.9. The maximum atomic E-state index is 12.9. The first-order chi connectivity index (χ1) is 11.1. The van der Waals surface area contributed by atoms with E-state index in [2.05, 4.69) is 9.97 Å². The van der Waals surface area contributed by atoms with Crippen molar-refractivity contribution in [1.82, 2.24) is 14.5 Å². The summed E-state index contributed by atoms with van der Waals surface area (Å²) in [5.41, 5.74) is -1.58. The van der Waals surface area contributed by atoms with Crippen LogP contribution >= 0.6 is 11.8 Å². The molecule has 2 aromatic heterocycles. The Morgan fingerprint density at radius 2 is 2.43 bits per heavy atom. The summed E-state index contributed by atoms with van der Waals surface area (Å²) in [7, 11) is 0. The number of hydrogen-bond donors (Lipinski definition) is 1. The third-order valence-electron chi connectivity index (χ3n) is 4.12. The molecule has 1 aliphatic rings. The van der Waals surface area contributed by atoms with Crippen molar-refractivity contribution in [2.75, 3.05) is 6.26 Å². The Morgan fingerprint density at radius 3 is 3.05 bits per heavy atom. The number of aryl methyl sites for hydroxylation is 1. The highest BCUT2D eigenvalue weighted by Crippen LogP contribution is 2.39. The van der Waals surface area contributed by atoms with Crippen molar-refractivity contribution in [3.05, 3.63) is 28.2 Å². The predicted molar refractivity (Wildman–Crippen MR) is 83.8 cm³/mol. The molecular weight excluding hydrogens is 286 g/mol. The lowest BCUT2D eigenvalue weighted by Crippen LogP contribution is -2.38. The van der Waals surface area contributed by atoms with E-state index < -0.39 is 24.1 Å². The monoisotopic (exact) mass is 308 g/mol. The van der Waals surface area contributed by atoms with Crippen LogP contribution in [0, 0.1) is 6.85 Å². The van der Waals surface area contributed by atoms with Crippen LogP contribution in [0.1, 0.15) is 41.9 Å². The molecule has 1 aliphatic carbocycles. The highest BCUT2D eigenvalue weighted by Gasteiger charge is 2.39. The second-order valence-electron chi connectivity index (χ2n) is 5.63. The lowest BCUT2D eigenvalue weighted by Gasteiger charge is -2.28. The topological polar surface area (TPSA) is 68.0 Å². The fourth-order valence-electron chi connectivity index (χ4n) is 3.03. The van der Waals surface area contributed by atoms with Crippen molar-refractivity contribution in [2.45, 2.75) is 49.8 Å². The van der Waals surface area contributed by atoms with E-state index in [4.69, 9.17) is 4.11 Å². The Kier molecular flexibility index (Phi) is 2.72. The summed E-state index contributed by atoms with van der Waals surface area (Å²) >= 11 is 1.34. The van der Waals surface area contributed by atoms with Crippen LogP contribution in [0.5, 0.6) is 0 Å². The number of nitrogens with zero attached hydrogens (tertiary/aromatic N) is 3. The molecule has 5 nitrogen and oxygen atoms in total. The summed E-state index contributed by atoms with van der Waals surface area (Å²) in [6.07, 6.45) is 5.29. The maximum Gasteiger partial charge on any atom is 0.255 e. The fourth-order valence-corrected chi connectivity index (χ4v) is 3.37. The van der Waals surface area contributed by atoms with E-state index in [9.17, 15) is 9.90 Å². The number of aromatic nitrogens is 3. The molecule has 21 heavy (non-hydrogen) atoms. The van der Waals surface area contributed by atoms with Gasteiger partial charge in [-0.05, 0) is 45.4 Å². The number of pyridine rings is 1. The van der Waals surface area contributed by atoms with Gasteiger partial charge < -0.3 is 5.11 Å². The third-order valence-corrected chi connectivity index (χ3v) is 4.69. The first-order valence-corrected chi connectivity index (χ1v) is 8.07. The zero-order valence-electron chi connectivity index (χ0n) is 15.0. The van der Waals surface area contributed by atoms with Gasteiger partial charge in [0.25, 0.3) is 5.56 Å². The lowest BCUT2D eigenvalue weighted by atomic mass is 9.99. The molecule has 0 unspecified atom stereocenters. The normalized spacial score (nSPS) is 28.3. The van der Waals surface area contributed by atoms with Crippen molar-refractivity contribution >= 4 is 22.8 Å². The molecule has 0 radical (unpaired) electrons. The van der Waals surface area contributed by atoms with Crippen LogP contribution < -0.4 is 5.56 Å². The standard InChI is InChI=1S/C15H19N3O2S/c1-9-7-10-8-16-14(21-3)17-12(10)18(13(9)19)11-5-4-6-15(11,2)20/h7-8,11,20H,4-6H2,1-3H3/t11-,15-/m1/s1/i1D3. The van der Waals surface area contributed by atoms with E-state index in [0.29, 0.717) is 29.0 Å². The van der Waals surface area contributed by atoms with Gasteiger partial charge in [-0.3, -0.25) is 9.36 Å². The zero-order valence-corrected chi connectivity index (χ0v) is 12.8. The van der Waals surface area contributed by atoms with Gasteiger partial charge in [0.05, 0.1) is 11.6 Å². The Bertz CT molecular complexity index is 848. The van der Waals surface area contributed by atoms with Gasteiger partial charge in [-0.2, -0.15) is 0 Å². The summed E-state index contributed by atoms with van der Waals surface area (Å²) in [5.74, 6) is 0. The molecule has 2 atom stereocenters.